The van der Waals surface area contributed by atoms with Crippen LogP contribution < -0.4 is 25.6 Å². The molecule has 6 N–H and O–H groups in total. The van der Waals surface area contributed by atoms with Crippen LogP contribution in [-0.2, 0) is 41.8 Å². The van der Waals surface area contributed by atoms with Crippen molar-refractivity contribution in [3.63, 3.8) is 0 Å². The molecule has 332 valence electrons. The number of para-hydroxylation sites is 1. The topological polar surface area (TPSA) is 225 Å². The molecule has 1 unspecified atom stereocenters. The van der Waals surface area contributed by atoms with E-state index in [9.17, 15) is 32.6 Å². The number of anilines is 1. The van der Waals surface area contributed by atoms with Gasteiger partial charge in [-0.3, -0.25) is 5.32 Å². The Morgan fingerprint density at radius 3 is 2.08 bits per heavy atom. The molecule has 0 aliphatic carbocycles. The van der Waals surface area contributed by atoms with Crippen LogP contribution in [0.3, 0.4) is 0 Å². The smallest absolute Gasteiger partial charge is 0.413 e. The number of carbonyl (C=O) groups excluding carboxylic acids is 2. The number of hydrogen-bond donors (Lipinski definition) is 5. The second kappa shape index (κ2) is 23.9. The first-order valence-electron chi connectivity index (χ1n) is 19.8. The third-order valence-corrected chi connectivity index (χ3v) is 11.4. The van der Waals surface area contributed by atoms with Crippen molar-refractivity contribution in [1.82, 2.24) is 9.62 Å². The zero-order valence-corrected chi connectivity index (χ0v) is 36.5. The number of sulfonamides is 1. The van der Waals surface area contributed by atoms with Crippen LogP contribution in [-0.4, -0.2) is 91.9 Å². The predicted molar refractivity (Wildman–Crippen MR) is 231 cm³/mol. The predicted octanol–water partition coefficient (Wildman–Crippen LogP) is 6.52. The van der Waals surface area contributed by atoms with Gasteiger partial charge in [0, 0.05) is 25.2 Å². The van der Waals surface area contributed by atoms with E-state index in [-0.39, 0.29) is 55.0 Å². The summed E-state index contributed by atoms with van der Waals surface area (Å²) in [5, 5.41) is 16.9. The van der Waals surface area contributed by atoms with E-state index >= 15 is 0 Å². The fraction of sp³-hybridized carbons (Fsp3) is 0.395. The lowest BCUT2D eigenvalue weighted by Crippen LogP contribution is -2.51. The van der Waals surface area contributed by atoms with Crippen molar-refractivity contribution in [3.8, 4) is 11.5 Å². The number of benzene rings is 4. The van der Waals surface area contributed by atoms with Crippen LogP contribution in [0.25, 0.3) is 0 Å². The van der Waals surface area contributed by atoms with Crippen molar-refractivity contribution in [3.05, 3.63) is 120 Å². The van der Waals surface area contributed by atoms with E-state index in [0.29, 0.717) is 30.3 Å². The van der Waals surface area contributed by atoms with Crippen molar-refractivity contribution < 1.29 is 56.0 Å². The monoisotopic (exact) mass is 884 g/mol. The molecular weight excluding hydrogens is 828 g/mol. The third kappa shape index (κ3) is 17.5. The molecule has 1 heterocycles. The van der Waals surface area contributed by atoms with Gasteiger partial charge in [0.15, 0.2) is 6.35 Å². The van der Waals surface area contributed by atoms with E-state index in [1.807, 2.05) is 58.0 Å². The number of alkyl carbamates (subject to hydrolysis) is 1. The van der Waals surface area contributed by atoms with Gasteiger partial charge in [0.2, 0.25) is 10.0 Å². The molecule has 1 aliphatic rings. The van der Waals surface area contributed by atoms with Gasteiger partial charge in [-0.15, -0.1) is 0 Å². The molecule has 1 saturated heterocycles. The maximum atomic E-state index is 14.0. The summed E-state index contributed by atoms with van der Waals surface area (Å²) in [6, 6.07) is 28.7. The van der Waals surface area contributed by atoms with Gasteiger partial charge in [-0.1, -0.05) is 88.4 Å². The number of nitrogens with two attached hydrogens (primary N) is 1. The molecule has 61 heavy (non-hydrogen) atoms. The zero-order chi connectivity index (χ0) is 44.4. The molecule has 0 saturated carbocycles. The van der Waals surface area contributed by atoms with Crippen LogP contribution in [0.15, 0.2) is 114 Å². The van der Waals surface area contributed by atoms with Crippen LogP contribution in [0.1, 0.15) is 45.2 Å². The molecule has 0 spiro atoms. The first-order valence-corrected chi connectivity index (χ1v) is 23.0. The first-order chi connectivity index (χ1) is 29.0. The van der Waals surface area contributed by atoms with Gasteiger partial charge in [0.1, 0.15) is 24.2 Å². The van der Waals surface area contributed by atoms with Gasteiger partial charge in [-0.05, 0) is 78.0 Å². The van der Waals surface area contributed by atoms with Crippen molar-refractivity contribution in [2.75, 3.05) is 38.0 Å². The summed E-state index contributed by atoms with van der Waals surface area (Å²) < 4.78 is 68.5. The van der Waals surface area contributed by atoms with E-state index in [1.165, 1.54) is 24.3 Å². The maximum Gasteiger partial charge on any atom is 0.413 e. The van der Waals surface area contributed by atoms with Gasteiger partial charge in [-0.25, -0.2) is 22.6 Å². The molecule has 4 aromatic rings. The maximum absolute atomic E-state index is 14.0. The fourth-order valence-corrected chi connectivity index (χ4v) is 8.22. The van der Waals surface area contributed by atoms with Gasteiger partial charge in [-0.2, -0.15) is 4.31 Å². The van der Waals surface area contributed by atoms with E-state index in [4.69, 9.17) is 29.2 Å². The second-order valence-corrected chi connectivity index (χ2v) is 18.7. The Bertz CT molecular complexity index is 2090. The number of amides is 2. The van der Waals surface area contributed by atoms with E-state index in [0.717, 1.165) is 9.87 Å². The van der Waals surface area contributed by atoms with Gasteiger partial charge in [0.05, 0.1) is 30.3 Å². The molecule has 0 aromatic heterocycles. The highest BCUT2D eigenvalue weighted by Gasteiger charge is 2.32. The number of aliphatic hydroxyl groups is 1. The largest absolute Gasteiger partial charge is 0.480 e. The number of nitrogens with one attached hydrogen (secondary N) is 2. The summed E-state index contributed by atoms with van der Waals surface area (Å²) in [6.45, 7) is 7.99. The summed E-state index contributed by atoms with van der Waals surface area (Å²) >= 11 is 0. The number of aliphatic hydroxyl groups excluding tert-OH is 1. The molecule has 2 amide bonds. The molecule has 16 nitrogen and oxygen atoms in total. The number of ether oxygens (including phenoxy) is 4. The molecule has 4 aromatic carbocycles. The Hall–Kier alpha value is -5.00. The Morgan fingerprint density at radius 1 is 0.869 bits per heavy atom. The van der Waals surface area contributed by atoms with Gasteiger partial charge in [0.25, 0.3) is 0 Å². The number of hydrogen-bond acceptors (Lipinski definition) is 12. The Kier molecular flexibility index (Phi) is 19.0. The molecule has 0 bridgehead atoms. The highest BCUT2D eigenvalue weighted by molar-refractivity contribution is 7.89. The van der Waals surface area contributed by atoms with E-state index in [2.05, 4.69) is 10.6 Å². The minimum absolute atomic E-state index is 0.0521. The van der Waals surface area contributed by atoms with Crippen molar-refractivity contribution in [1.29, 1.82) is 0 Å². The number of carbonyl (C=O) groups is 2. The normalized spacial score (nSPS) is 15.8. The Labute approximate surface area is 357 Å². The van der Waals surface area contributed by atoms with Crippen LogP contribution in [0, 0.1) is 5.92 Å². The lowest BCUT2D eigenvalue weighted by Gasteiger charge is -2.30. The van der Waals surface area contributed by atoms with Gasteiger partial charge < -0.3 is 44.5 Å². The van der Waals surface area contributed by atoms with Crippen molar-refractivity contribution in [2.24, 2.45) is 11.7 Å². The average molecular weight is 885 g/mol. The third-order valence-electron chi connectivity index (χ3n) is 8.60. The summed E-state index contributed by atoms with van der Waals surface area (Å²) in [5.41, 5.74) is 6.87. The van der Waals surface area contributed by atoms with Crippen molar-refractivity contribution in [2.45, 2.75) is 76.3 Å². The second-order valence-electron chi connectivity index (χ2n) is 15.0. The molecular formula is C43H57N4O12PS. The minimum atomic E-state index is -4.18. The lowest BCUT2D eigenvalue weighted by molar-refractivity contribution is 0.0644. The van der Waals surface area contributed by atoms with Crippen LogP contribution in [0.2, 0.25) is 0 Å². The average Bonchev–Trinajstić information content (AvgIpc) is 3.72. The molecule has 0 radical (unpaired) electrons. The SMILES string of the molecule is CC(C)CN(C[C@@H](O)[C@H](Cc1ccc(OCP(=O)(O)Oc2ccccc2)cc1)NC(=O)O[C@H]1CCOC1)S(=O)(=O)c1ccc(NC(=O)OCc2ccccc2)cc1.CC(C)N. The molecule has 1 fully saturated rings. The zero-order valence-electron chi connectivity index (χ0n) is 34.8. The number of rotatable bonds is 19. The number of nitrogens with zero attached hydrogens (tertiary/aromatic N) is 1. The van der Waals surface area contributed by atoms with Crippen LogP contribution in [0.4, 0.5) is 15.3 Å². The molecule has 1 aliphatic heterocycles. The lowest BCUT2D eigenvalue weighted by atomic mass is 10.0. The Balaban J connectivity index is 0.00000196. The van der Waals surface area contributed by atoms with Crippen molar-refractivity contribution >= 4 is 35.5 Å². The quantitative estimate of drug-likeness (QED) is 0.0633. The highest BCUT2D eigenvalue weighted by atomic mass is 32.2. The van der Waals surface area contributed by atoms with Gasteiger partial charge >= 0.3 is 19.8 Å². The summed E-state index contributed by atoms with van der Waals surface area (Å²) in [6.07, 6.45) is -3.40. The van der Waals surface area contributed by atoms with Crippen LogP contribution >= 0.6 is 7.60 Å². The molecule has 18 heteroatoms. The summed E-state index contributed by atoms with van der Waals surface area (Å²) in [4.78, 5) is 35.6. The first kappa shape index (κ1) is 48.7. The van der Waals surface area contributed by atoms with E-state index in [1.54, 1.807) is 54.6 Å². The Morgan fingerprint density at radius 2 is 1.49 bits per heavy atom. The highest BCUT2D eigenvalue weighted by Crippen LogP contribution is 2.42. The summed E-state index contributed by atoms with van der Waals surface area (Å²) in [5.74, 6) is 0.364. The molecule has 4 atom stereocenters. The fourth-order valence-electron chi connectivity index (χ4n) is 5.78. The standard InChI is InChI=1S/C40H48N3O12PS.C3H9N/c1-29(2)24-43(57(49,50)36-19-15-32(16-20-36)41-39(45)52-26-31-9-5-3-6-10-31)25-38(44)37(42-40(46)54-35-21-22-51-27-35)23-30-13-17-33(18-14-30)53-28-56(47,48)55-34-11-7-4-8-12-34;1-3(2)4/h3-20,29,35,37-38,44H,21-28H2,1-2H3,(H,41,45)(H,42,46)(H,47,48);3H,4H2,1-2H3/t35-,37-,38+;/m0./s1. The minimum Gasteiger partial charge on any atom is -0.480 e. The van der Waals surface area contributed by atoms with Crippen LogP contribution in [0.5, 0.6) is 11.5 Å². The van der Waals surface area contributed by atoms with E-state index < -0.39 is 54.4 Å². The summed E-state index contributed by atoms with van der Waals surface area (Å²) in [7, 11) is -8.32. The molecule has 5 rings (SSSR count).